The Bertz CT molecular complexity index is 1170. The summed E-state index contributed by atoms with van der Waals surface area (Å²) in [6.45, 7) is 4.50. The number of aromatic nitrogens is 5. The molecule has 3 aromatic rings. The molecule has 13 heteroatoms. The summed E-state index contributed by atoms with van der Waals surface area (Å²) in [7, 11) is -0.998. The minimum absolute atomic E-state index is 0.134. The number of hydrogen-bond acceptors (Lipinski definition) is 11. The molecule has 0 radical (unpaired) electrons. The second kappa shape index (κ2) is 10.0. The summed E-state index contributed by atoms with van der Waals surface area (Å²) in [4.78, 5) is 23.8. The van der Waals surface area contributed by atoms with E-state index in [0.717, 1.165) is 24.3 Å². The van der Waals surface area contributed by atoms with Crippen LogP contribution in [0.3, 0.4) is 0 Å². The molecule has 0 saturated carbocycles. The van der Waals surface area contributed by atoms with Gasteiger partial charge in [0.2, 0.25) is 22.7 Å². The molecule has 12 nitrogen and oxygen atoms in total. The average molecular weight is 472 g/mol. The lowest BCUT2D eigenvalue weighted by Crippen LogP contribution is -2.49. The third-order valence-electron chi connectivity index (χ3n) is 5.11. The van der Waals surface area contributed by atoms with Crippen LogP contribution in [0.1, 0.15) is 11.4 Å². The number of anilines is 3. The van der Waals surface area contributed by atoms with Gasteiger partial charge in [-0.1, -0.05) is 0 Å². The number of ether oxygens (including phenoxy) is 1. The van der Waals surface area contributed by atoms with E-state index in [2.05, 4.69) is 39.9 Å². The fraction of sp³-hybridized carbons (Fsp3) is 0.350. The molecule has 4 rings (SSSR count). The van der Waals surface area contributed by atoms with Gasteiger partial charge in [0.05, 0.1) is 24.6 Å². The van der Waals surface area contributed by atoms with Crippen molar-refractivity contribution in [2.24, 2.45) is 5.92 Å². The highest BCUT2D eigenvalue weighted by Gasteiger charge is 2.26. The van der Waals surface area contributed by atoms with E-state index < -0.39 is 10.9 Å². The van der Waals surface area contributed by atoms with E-state index in [1.165, 1.54) is 0 Å². The molecule has 0 spiro atoms. The van der Waals surface area contributed by atoms with Crippen LogP contribution < -0.4 is 20.5 Å². The van der Waals surface area contributed by atoms with Crippen molar-refractivity contribution < 1.29 is 13.2 Å². The van der Waals surface area contributed by atoms with Gasteiger partial charge in [-0.3, -0.25) is 4.90 Å². The lowest BCUT2D eigenvalue weighted by molar-refractivity contribution is 0.0955. The molecular weight excluding hydrogens is 446 g/mol. The Balaban J connectivity index is 1.56. The van der Waals surface area contributed by atoms with Crippen molar-refractivity contribution in [1.82, 2.24) is 34.5 Å². The summed E-state index contributed by atoms with van der Waals surface area (Å²) in [5.41, 5.74) is 8.25. The van der Waals surface area contributed by atoms with Gasteiger partial charge in [0.1, 0.15) is 11.6 Å². The van der Waals surface area contributed by atoms with Gasteiger partial charge in [0.25, 0.3) is 0 Å². The zero-order valence-electron chi connectivity index (χ0n) is 18.2. The molecule has 0 atom stereocenters. The predicted molar refractivity (Wildman–Crippen MR) is 123 cm³/mol. The number of methoxy groups -OCH3 is 1. The Morgan fingerprint density at radius 3 is 2.67 bits per heavy atom. The number of nitrogens with two attached hydrogens (primary N) is 1. The van der Waals surface area contributed by atoms with Gasteiger partial charge in [-0.25, -0.2) is 28.1 Å². The topological polar surface area (TPSA) is 161 Å². The van der Waals surface area contributed by atoms with E-state index in [9.17, 15) is 8.42 Å². The summed E-state index contributed by atoms with van der Waals surface area (Å²) in [6.07, 6.45) is 3.44. The number of nitrogens with zero attached hydrogens (tertiary/aromatic N) is 6. The van der Waals surface area contributed by atoms with E-state index in [4.69, 9.17) is 10.5 Å². The van der Waals surface area contributed by atoms with Gasteiger partial charge in [-0.05, 0) is 30.5 Å². The number of pyridine rings is 2. The number of hydrogen-bond donors (Lipinski definition) is 4. The lowest BCUT2D eigenvalue weighted by Gasteiger charge is -2.39. The molecule has 1 aliphatic heterocycles. The molecule has 3 aromatic heterocycles. The number of nitrogens with one attached hydrogen (secondary N) is 2. The third-order valence-corrected chi connectivity index (χ3v) is 5.55. The summed E-state index contributed by atoms with van der Waals surface area (Å²) < 4.78 is 29.0. The van der Waals surface area contributed by atoms with Gasteiger partial charge < -0.3 is 15.8 Å². The van der Waals surface area contributed by atoms with Crippen LogP contribution in [0.25, 0.3) is 11.4 Å². The third kappa shape index (κ3) is 5.88. The number of rotatable bonds is 9. The van der Waals surface area contributed by atoms with Crippen molar-refractivity contribution in [3.8, 4) is 17.3 Å². The lowest BCUT2D eigenvalue weighted by atomic mass is 9.99. The molecule has 0 aliphatic carbocycles. The smallest absolute Gasteiger partial charge is 0.223 e. The fourth-order valence-corrected chi connectivity index (χ4v) is 4.00. The molecular formula is C20H25N9O3S. The van der Waals surface area contributed by atoms with Crippen LogP contribution in [0, 0.1) is 12.8 Å². The standard InChI is InChI=1S/C20H25N9O3S/c1-12-25-19(28-20(21)26-12)16-5-13(9-29-10-14(11-29)7-24-33(30)31)6-23-18(16)27-15-3-4-17(32-2)22-8-15/h3-6,8,14,33H,7,9-11H2,1-2H3,(H,23,27)(H,24,30,31)(H2,21,25,26,28). The largest absolute Gasteiger partial charge is 0.481 e. The molecule has 0 aromatic carbocycles. The number of likely N-dealkylation sites (tertiary alicyclic amines) is 1. The first-order valence-corrected chi connectivity index (χ1v) is 11.4. The molecule has 1 aliphatic rings. The SMILES string of the molecule is COc1ccc(Nc2ncc(CN3CC(CN[SH](=O)=O)C3)cc2-c2nc(C)nc(N)n2)cn1. The first-order valence-electron chi connectivity index (χ1n) is 10.2. The minimum Gasteiger partial charge on any atom is -0.481 e. The minimum atomic E-state index is -2.56. The van der Waals surface area contributed by atoms with Crippen LogP contribution in [0.4, 0.5) is 17.5 Å². The first kappa shape index (κ1) is 22.8. The van der Waals surface area contributed by atoms with Crippen LogP contribution in [0.5, 0.6) is 5.88 Å². The van der Waals surface area contributed by atoms with Crippen molar-refractivity contribution in [1.29, 1.82) is 0 Å². The average Bonchev–Trinajstić information content (AvgIpc) is 2.75. The van der Waals surface area contributed by atoms with Crippen molar-refractivity contribution in [2.45, 2.75) is 13.5 Å². The van der Waals surface area contributed by atoms with Crippen molar-refractivity contribution in [2.75, 3.05) is 37.8 Å². The van der Waals surface area contributed by atoms with Crippen LogP contribution in [-0.2, 0) is 17.4 Å². The van der Waals surface area contributed by atoms with Crippen molar-refractivity contribution >= 4 is 28.3 Å². The molecule has 33 heavy (non-hydrogen) atoms. The summed E-state index contributed by atoms with van der Waals surface area (Å²) >= 11 is 0. The first-order chi connectivity index (χ1) is 15.9. The van der Waals surface area contributed by atoms with E-state index in [0.29, 0.717) is 47.9 Å². The maximum Gasteiger partial charge on any atom is 0.223 e. The number of aryl methyl sites for hydroxylation is 1. The van der Waals surface area contributed by atoms with Crippen molar-refractivity contribution in [3.63, 3.8) is 0 Å². The van der Waals surface area contributed by atoms with E-state index in [1.54, 1.807) is 32.5 Å². The Hall–Kier alpha value is -3.42. The molecule has 0 unspecified atom stereocenters. The molecule has 0 bridgehead atoms. The van der Waals surface area contributed by atoms with Gasteiger partial charge in [0, 0.05) is 38.4 Å². The Kier molecular flexibility index (Phi) is 6.91. The van der Waals surface area contributed by atoms with E-state index in [-0.39, 0.29) is 5.95 Å². The summed E-state index contributed by atoms with van der Waals surface area (Å²) in [5, 5.41) is 3.25. The van der Waals surface area contributed by atoms with Gasteiger partial charge in [0.15, 0.2) is 5.82 Å². The van der Waals surface area contributed by atoms with E-state index in [1.807, 2.05) is 12.1 Å². The summed E-state index contributed by atoms with van der Waals surface area (Å²) in [5.74, 6) is 2.43. The van der Waals surface area contributed by atoms with Crippen LogP contribution >= 0.6 is 0 Å². The van der Waals surface area contributed by atoms with Crippen molar-refractivity contribution in [3.05, 3.63) is 42.0 Å². The molecule has 4 N–H and O–H groups in total. The van der Waals surface area contributed by atoms with Gasteiger partial charge >= 0.3 is 0 Å². The molecule has 1 fully saturated rings. The van der Waals surface area contributed by atoms with Gasteiger partial charge in [-0.2, -0.15) is 9.97 Å². The Labute approximate surface area is 192 Å². The van der Waals surface area contributed by atoms with Crippen LogP contribution in [0.2, 0.25) is 0 Å². The van der Waals surface area contributed by atoms with Crippen LogP contribution in [-0.4, -0.2) is 65.0 Å². The zero-order valence-corrected chi connectivity index (χ0v) is 19.1. The molecule has 174 valence electrons. The van der Waals surface area contributed by atoms with E-state index >= 15 is 0 Å². The second-order valence-corrected chi connectivity index (χ2v) is 8.53. The van der Waals surface area contributed by atoms with Gasteiger partial charge in [-0.15, -0.1) is 0 Å². The summed E-state index contributed by atoms with van der Waals surface area (Å²) in [6, 6.07) is 5.56. The Morgan fingerprint density at radius 1 is 1.18 bits per heavy atom. The van der Waals surface area contributed by atoms with Crippen LogP contribution in [0.15, 0.2) is 30.6 Å². The number of thiol groups is 1. The monoisotopic (exact) mass is 471 g/mol. The molecule has 0 amide bonds. The zero-order chi connectivity index (χ0) is 23.4. The second-order valence-electron chi connectivity index (χ2n) is 7.70. The molecule has 4 heterocycles. The fourth-order valence-electron chi connectivity index (χ4n) is 3.60. The highest BCUT2D eigenvalue weighted by atomic mass is 32.2. The highest BCUT2D eigenvalue weighted by molar-refractivity contribution is 7.70. The maximum atomic E-state index is 10.7. The quantitative estimate of drug-likeness (QED) is 0.322. The normalized spacial score (nSPS) is 14.3. The number of nitrogen functional groups attached to an aromatic ring is 1. The Morgan fingerprint density at radius 2 is 2.00 bits per heavy atom. The maximum absolute atomic E-state index is 10.7. The predicted octanol–water partition coefficient (Wildman–Crippen LogP) is 0.519. The molecule has 1 saturated heterocycles. The highest BCUT2D eigenvalue weighted by Crippen LogP contribution is 2.29.